The second kappa shape index (κ2) is 12.8. The number of sulfonamides is 1. The molecule has 2 aromatic rings. The number of aryl methyl sites for hydroxylation is 1. The van der Waals surface area contributed by atoms with Gasteiger partial charge in [-0.2, -0.15) is 8.42 Å². The van der Waals surface area contributed by atoms with Gasteiger partial charge < -0.3 is 14.7 Å². The summed E-state index contributed by atoms with van der Waals surface area (Å²) in [5.74, 6) is -0.644. The molecule has 2 aliphatic carbocycles. The van der Waals surface area contributed by atoms with E-state index in [2.05, 4.69) is 15.7 Å². The molecule has 47 heavy (non-hydrogen) atoms. The number of carbonyl (C=O) groups is 1. The summed E-state index contributed by atoms with van der Waals surface area (Å²) >= 11 is 6.40. The van der Waals surface area contributed by atoms with Crippen molar-refractivity contribution in [3.63, 3.8) is 0 Å². The molecule has 0 unspecified atom stereocenters. The van der Waals surface area contributed by atoms with E-state index < -0.39 is 36.9 Å². The fourth-order valence-corrected chi connectivity index (χ4v) is 10.1. The van der Waals surface area contributed by atoms with Crippen LogP contribution in [-0.4, -0.2) is 71.3 Å². The third kappa shape index (κ3) is 7.04. The zero-order valence-corrected chi connectivity index (χ0v) is 29.6. The van der Waals surface area contributed by atoms with Crippen molar-refractivity contribution in [2.45, 2.75) is 81.5 Å². The van der Waals surface area contributed by atoms with Crippen LogP contribution in [0.2, 0.25) is 5.02 Å². The van der Waals surface area contributed by atoms with Crippen LogP contribution in [0.15, 0.2) is 36.4 Å². The van der Waals surface area contributed by atoms with Crippen LogP contribution in [0.5, 0.6) is 5.75 Å². The topological polar surface area (TPSA) is 139 Å². The molecule has 6 atom stereocenters. The minimum absolute atomic E-state index is 0.0153. The molecule has 2 aromatic carbocycles. The monoisotopic (exact) mass is 708 g/mol. The Morgan fingerprint density at radius 3 is 2.62 bits per heavy atom. The fourth-order valence-electron chi connectivity index (χ4n) is 8.16. The fraction of sp³-hybridized carbons (Fsp3) is 0.618. The molecule has 2 aliphatic heterocycles. The maximum absolute atomic E-state index is 13.4. The van der Waals surface area contributed by atoms with E-state index in [0.717, 1.165) is 31.9 Å². The van der Waals surface area contributed by atoms with Crippen molar-refractivity contribution in [2.24, 2.45) is 17.8 Å². The lowest BCUT2D eigenvalue weighted by atomic mass is 9.63. The number of fused-ring (bicyclic) bond motifs is 4. The molecule has 1 fully saturated rings. The molecular formula is C34H45ClN2O8S2. The van der Waals surface area contributed by atoms with Gasteiger partial charge in [0.1, 0.15) is 5.75 Å². The summed E-state index contributed by atoms with van der Waals surface area (Å²) in [6.07, 6.45) is 6.46. The number of nitrogens with one attached hydrogen (secondary N) is 1. The molecule has 1 amide bonds. The van der Waals surface area contributed by atoms with E-state index in [9.17, 15) is 26.7 Å². The number of benzene rings is 2. The first-order valence-electron chi connectivity index (χ1n) is 16.5. The second-order valence-electron chi connectivity index (χ2n) is 14.4. The Kier molecular flexibility index (Phi) is 9.40. The minimum Gasteiger partial charge on any atom is -0.490 e. The molecule has 1 spiro atoms. The smallest absolute Gasteiger partial charge is 0.264 e. The van der Waals surface area contributed by atoms with E-state index in [4.69, 9.17) is 20.5 Å². The van der Waals surface area contributed by atoms with Gasteiger partial charge in [0.15, 0.2) is 0 Å². The van der Waals surface area contributed by atoms with Gasteiger partial charge in [0.2, 0.25) is 10.0 Å². The minimum atomic E-state index is -4.03. The van der Waals surface area contributed by atoms with E-state index in [1.54, 1.807) is 32.0 Å². The molecule has 10 nitrogen and oxygen atoms in total. The van der Waals surface area contributed by atoms with Crippen molar-refractivity contribution in [3.8, 4) is 5.75 Å². The van der Waals surface area contributed by atoms with Crippen LogP contribution in [0.4, 0.5) is 5.69 Å². The molecule has 1 saturated carbocycles. The average molecular weight is 709 g/mol. The molecule has 6 rings (SSSR count). The predicted molar refractivity (Wildman–Crippen MR) is 181 cm³/mol. The van der Waals surface area contributed by atoms with Crippen molar-refractivity contribution < 1.29 is 35.7 Å². The van der Waals surface area contributed by atoms with Crippen LogP contribution >= 0.6 is 11.6 Å². The van der Waals surface area contributed by atoms with Gasteiger partial charge >= 0.3 is 0 Å². The van der Waals surface area contributed by atoms with Crippen molar-refractivity contribution >= 4 is 43.3 Å². The van der Waals surface area contributed by atoms with Crippen molar-refractivity contribution in [1.82, 2.24) is 4.72 Å². The van der Waals surface area contributed by atoms with Crippen LogP contribution in [0.25, 0.3) is 0 Å². The van der Waals surface area contributed by atoms with Gasteiger partial charge in [0.05, 0.1) is 36.0 Å². The summed E-state index contributed by atoms with van der Waals surface area (Å²) in [4.78, 5) is 15.7. The third-order valence-corrected chi connectivity index (χ3v) is 13.9. The quantitative estimate of drug-likeness (QED) is 0.430. The number of anilines is 1. The first-order valence-corrected chi connectivity index (χ1v) is 20.3. The molecule has 0 aromatic heterocycles. The zero-order valence-electron chi connectivity index (χ0n) is 27.2. The molecule has 2 heterocycles. The van der Waals surface area contributed by atoms with E-state index >= 15 is 0 Å². The molecule has 0 saturated heterocycles. The first-order chi connectivity index (χ1) is 22.1. The predicted octanol–water partition coefficient (Wildman–Crippen LogP) is 4.81. The number of rotatable bonds is 3. The van der Waals surface area contributed by atoms with Crippen molar-refractivity contribution in [1.29, 1.82) is 0 Å². The highest BCUT2D eigenvalue weighted by atomic mass is 35.5. The molecule has 0 radical (unpaired) electrons. The van der Waals surface area contributed by atoms with Gasteiger partial charge in [-0.15, -0.1) is 0 Å². The Hall–Kier alpha value is -2.38. The SMILES string of the molecule is C[C@@H]1[C@@H](C)CCC[C@@](O)(COS(C)(=O)=O)[C@@H]2CC[C@H]2CN2C[C@@]3(CCCc4cc(Cl)ccc43)COc3ccc(cc32)C(=O)NS1(=O)=O. The Labute approximate surface area is 283 Å². The van der Waals surface area contributed by atoms with Gasteiger partial charge in [0, 0.05) is 29.1 Å². The summed E-state index contributed by atoms with van der Waals surface area (Å²) in [6.45, 7) is 4.55. The highest BCUT2D eigenvalue weighted by Gasteiger charge is 2.49. The standard InChI is InChI=1S/C34H45ClN2O8S2/c1-22-6-4-15-34(39,21-45-46(3,40)41)29-11-8-26(29)18-37-19-33(14-5-7-24-16-27(35)10-12-28(24)33)20-44-31-13-9-25(17-30(31)37)32(38)36-47(42,43)23(22)2/h9-10,12-13,16-17,22-23,26,29,39H,4-8,11,14-15,18-21H2,1-3H3,(H,36,38)/t22-,23+,26-,29+,33-,34+/m0/s1. The van der Waals surface area contributed by atoms with Gasteiger partial charge in [-0.3, -0.25) is 8.98 Å². The first kappa shape index (κ1) is 34.5. The van der Waals surface area contributed by atoms with E-state index in [-0.39, 0.29) is 41.8 Å². The highest BCUT2D eigenvalue weighted by Crippen LogP contribution is 2.49. The normalized spacial score (nSPS) is 32.6. The number of carbonyl (C=O) groups excluding carboxylic acids is 1. The Bertz CT molecular complexity index is 1750. The number of ether oxygens (including phenoxy) is 1. The van der Waals surface area contributed by atoms with E-state index in [1.165, 1.54) is 11.1 Å². The maximum atomic E-state index is 13.4. The highest BCUT2D eigenvalue weighted by molar-refractivity contribution is 7.90. The molecular weight excluding hydrogens is 664 g/mol. The molecule has 13 heteroatoms. The Morgan fingerprint density at radius 2 is 1.89 bits per heavy atom. The van der Waals surface area contributed by atoms with Crippen LogP contribution in [0.1, 0.15) is 80.3 Å². The number of amides is 1. The lowest BCUT2D eigenvalue weighted by Crippen LogP contribution is -2.55. The maximum Gasteiger partial charge on any atom is 0.264 e. The van der Waals surface area contributed by atoms with Crippen molar-refractivity contribution in [2.75, 3.05) is 37.5 Å². The van der Waals surface area contributed by atoms with Gasteiger partial charge in [0.25, 0.3) is 16.0 Å². The second-order valence-corrected chi connectivity index (χ2v) is 18.5. The summed E-state index contributed by atoms with van der Waals surface area (Å²) in [6, 6.07) is 11.1. The molecule has 2 bridgehead atoms. The van der Waals surface area contributed by atoms with Crippen molar-refractivity contribution in [3.05, 3.63) is 58.1 Å². The summed E-state index contributed by atoms with van der Waals surface area (Å²) in [5, 5.41) is 11.9. The van der Waals surface area contributed by atoms with Gasteiger partial charge in [-0.25, -0.2) is 13.1 Å². The summed E-state index contributed by atoms with van der Waals surface area (Å²) in [5.41, 5.74) is 1.48. The lowest BCUT2D eigenvalue weighted by Gasteiger charge is -2.50. The third-order valence-electron chi connectivity index (χ3n) is 11.2. The van der Waals surface area contributed by atoms with Crippen LogP contribution < -0.4 is 14.4 Å². The van der Waals surface area contributed by atoms with Crippen LogP contribution in [0.3, 0.4) is 0 Å². The van der Waals surface area contributed by atoms with E-state index in [1.807, 2.05) is 12.1 Å². The molecule has 2 N–H and O–H groups in total. The summed E-state index contributed by atoms with van der Waals surface area (Å²) < 4.78 is 64.9. The Morgan fingerprint density at radius 1 is 1.11 bits per heavy atom. The van der Waals surface area contributed by atoms with E-state index in [0.29, 0.717) is 55.4 Å². The number of hydrogen-bond acceptors (Lipinski definition) is 9. The zero-order chi connectivity index (χ0) is 33.8. The number of aliphatic hydroxyl groups is 1. The molecule has 4 aliphatic rings. The van der Waals surface area contributed by atoms with Crippen LogP contribution in [0, 0.1) is 17.8 Å². The Balaban J connectivity index is 1.43. The molecule has 258 valence electrons. The largest absolute Gasteiger partial charge is 0.490 e. The van der Waals surface area contributed by atoms with Crippen LogP contribution in [-0.2, 0) is 36.2 Å². The average Bonchev–Trinajstić information content (AvgIpc) is 3.13. The summed E-state index contributed by atoms with van der Waals surface area (Å²) in [7, 11) is -7.83. The lowest BCUT2D eigenvalue weighted by molar-refractivity contribution is -0.111. The number of nitrogens with zero attached hydrogens (tertiary/aromatic N) is 1. The van der Waals surface area contributed by atoms with Gasteiger partial charge in [-0.1, -0.05) is 31.0 Å². The number of hydrogen-bond donors (Lipinski definition) is 2. The number of halogens is 1. The van der Waals surface area contributed by atoms with Gasteiger partial charge in [-0.05, 0) is 111 Å².